The maximum Gasteiger partial charge on any atom is 0.203 e. The monoisotopic (exact) mass is 339 g/mol. The molecule has 3 aromatic heterocycles. The van der Waals surface area contributed by atoms with Crippen LogP contribution in [-0.2, 0) is 0 Å². The molecule has 0 spiro atoms. The fourth-order valence-corrected chi connectivity index (χ4v) is 4.43. The number of pyridine rings is 1. The van der Waals surface area contributed by atoms with Gasteiger partial charge in [0.05, 0.1) is 5.52 Å². The SMILES string of the molecule is Cc1cc2nnc(Sc3nc(C4CC4)ns3)n2c2ccccc12. The first-order valence-corrected chi connectivity index (χ1v) is 9.13. The fourth-order valence-electron chi connectivity index (χ4n) is 2.79. The number of fused-ring (bicyclic) bond motifs is 3. The minimum Gasteiger partial charge on any atom is -0.270 e. The van der Waals surface area contributed by atoms with E-state index in [9.17, 15) is 0 Å². The first-order valence-electron chi connectivity index (χ1n) is 7.54. The summed E-state index contributed by atoms with van der Waals surface area (Å²) in [4.78, 5) is 4.64. The number of aryl methyl sites for hydroxylation is 1. The van der Waals surface area contributed by atoms with Crippen LogP contribution in [-0.4, -0.2) is 24.0 Å². The van der Waals surface area contributed by atoms with Gasteiger partial charge in [-0.05, 0) is 60.8 Å². The molecule has 0 aliphatic heterocycles. The third-order valence-corrected chi connectivity index (χ3v) is 5.83. The Morgan fingerprint density at radius 3 is 2.96 bits per heavy atom. The van der Waals surface area contributed by atoms with Gasteiger partial charge in [0, 0.05) is 11.3 Å². The normalized spacial score (nSPS) is 14.8. The Balaban J connectivity index is 1.64. The maximum atomic E-state index is 4.64. The number of benzene rings is 1. The Morgan fingerprint density at radius 1 is 1.22 bits per heavy atom. The van der Waals surface area contributed by atoms with Crippen LogP contribution < -0.4 is 0 Å². The molecule has 3 heterocycles. The van der Waals surface area contributed by atoms with Crippen LogP contribution in [0.15, 0.2) is 39.8 Å². The summed E-state index contributed by atoms with van der Waals surface area (Å²) < 4.78 is 7.51. The minimum atomic E-state index is 0.583. The Kier molecular flexibility index (Phi) is 2.93. The van der Waals surface area contributed by atoms with Gasteiger partial charge in [0.15, 0.2) is 9.99 Å². The van der Waals surface area contributed by atoms with Crippen molar-refractivity contribution in [3.8, 4) is 0 Å². The van der Waals surface area contributed by atoms with E-state index in [1.165, 1.54) is 35.3 Å². The molecule has 7 heteroatoms. The highest BCUT2D eigenvalue weighted by Gasteiger charge is 2.28. The summed E-state index contributed by atoms with van der Waals surface area (Å²) in [6.07, 6.45) is 2.44. The number of rotatable bonds is 3. The van der Waals surface area contributed by atoms with Crippen LogP contribution in [0.25, 0.3) is 16.6 Å². The second-order valence-corrected chi connectivity index (χ2v) is 7.78. The van der Waals surface area contributed by atoms with Gasteiger partial charge in [-0.25, -0.2) is 4.98 Å². The van der Waals surface area contributed by atoms with Crippen LogP contribution in [0.4, 0.5) is 0 Å². The number of nitrogens with zero attached hydrogens (tertiary/aromatic N) is 5. The van der Waals surface area contributed by atoms with E-state index in [-0.39, 0.29) is 0 Å². The third-order valence-electron chi connectivity index (χ3n) is 4.12. The van der Waals surface area contributed by atoms with Gasteiger partial charge in [-0.2, -0.15) is 4.37 Å². The Bertz CT molecular complexity index is 1030. The highest BCUT2D eigenvalue weighted by Crippen LogP contribution is 2.40. The van der Waals surface area contributed by atoms with Crippen molar-refractivity contribution in [2.24, 2.45) is 0 Å². The van der Waals surface area contributed by atoms with Crippen LogP contribution in [0.2, 0.25) is 0 Å². The first-order chi connectivity index (χ1) is 11.3. The molecule has 1 aliphatic carbocycles. The summed E-state index contributed by atoms with van der Waals surface area (Å²) in [7, 11) is 0. The molecular formula is C16H13N5S2. The van der Waals surface area contributed by atoms with E-state index in [2.05, 4.69) is 55.1 Å². The maximum absolute atomic E-state index is 4.64. The van der Waals surface area contributed by atoms with Gasteiger partial charge < -0.3 is 0 Å². The van der Waals surface area contributed by atoms with Gasteiger partial charge in [0.25, 0.3) is 0 Å². The summed E-state index contributed by atoms with van der Waals surface area (Å²) in [6, 6.07) is 10.4. The standard InChI is InChI=1S/C16H13N5S2/c1-9-8-13-18-19-15(21(13)12-5-3-2-4-11(9)12)22-16-17-14(20-23-16)10-6-7-10/h2-5,8,10H,6-7H2,1H3. The molecule has 0 saturated heterocycles. The van der Waals surface area contributed by atoms with Gasteiger partial charge in [0.2, 0.25) is 5.16 Å². The smallest absolute Gasteiger partial charge is 0.203 e. The lowest BCUT2D eigenvalue weighted by atomic mass is 10.1. The molecule has 114 valence electrons. The van der Waals surface area contributed by atoms with Crippen molar-refractivity contribution in [2.75, 3.05) is 0 Å². The van der Waals surface area contributed by atoms with Crippen LogP contribution in [0.3, 0.4) is 0 Å². The zero-order chi connectivity index (χ0) is 15.4. The van der Waals surface area contributed by atoms with Gasteiger partial charge in [-0.15, -0.1) is 10.2 Å². The molecule has 0 bridgehead atoms. The van der Waals surface area contributed by atoms with E-state index in [1.807, 2.05) is 6.07 Å². The predicted molar refractivity (Wildman–Crippen MR) is 91.2 cm³/mol. The van der Waals surface area contributed by atoms with Gasteiger partial charge in [0.1, 0.15) is 5.82 Å². The highest BCUT2D eigenvalue weighted by atomic mass is 32.2. The van der Waals surface area contributed by atoms with Crippen molar-refractivity contribution in [3.63, 3.8) is 0 Å². The molecule has 0 amide bonds. The second kappa shape index (κ2) is 5.01. The Labute approximate surface area is 140 Å². The van der Waals surface area contributed by atoms with Crippen LogP contribution >= 0.6 is 23.3 Å². The van der Waals surface area contributed by atoms with E-state index in [4.69, 9.17) is 0 Å². The average Bonchev–Trinajstić information content (AvgIpc) is 3.19. The Hall–Kier alpha value is -1.99. The molecule has 4 aromatic rings. The molecule has 0 atom stereocenters. The lowest BCUT2D eigenvalue weighted by molar-refractivity contribution is 0.929. The molecule has 1 aromatic carbocycles. The minimum absolute atomic E-state index is 0.583. The van der Waals surface area contributed by atoms with E-state index in [0.717, 1.165) is 26.5 Å². The fraction of sp³-hybridized carbons (Fsp3) is 0.250. The number of hydrogen-bond donors (Lipinski definition) is 0. The molecule has 5 rings (SSSR count). The summed E-state index contributed by atoms with van der Waals surface area (Å²) in [5.41, 5.74) is 3.21. The van der Waals surface area contributed by atoms with Gasteiger partial charge in [-0.1, -0.05) is 18.2 Å². The van der Waals surface area contributed by atoms with Crippen molar-refractivity contribution in [2.45, 2.75) is 35.2 Å². The van der Waals surface area contributed by atoms with Crippen molar-refractivity contribution < 1.29 is 0 Å². The van der Waals surface area contributed by atoms with Crippen LogP contribution in [0.5, 0.6) is 0 Å². The van der Waals surface area contributed by atoms with Crippen molar-refractivity contribution in [3.05, 3.63) is 41.7 Å². The highest BCUT2D eigenvalue weighted by molar-refractivity contribution is 8.00. The third kappa shape index (κ3) is 2.22. The predicted octanol–water partition coefficient (Wildman–Crippen LogP) is 4.07. The summed E-state index contributed by atoms with van der Waals surface area (Å²) in [5.74, 6) is 1.58. The second-order valence-electron chi connectivity index (χ2n) is 5.82. The van der Waals surface area contributed by atoms with E-state index < -0.39 is 0 Å². The lowest BCUT2D eigenvalue weighted by Crippen LogP contribution is -1.92. The average molecular weight is 339 g/mol. The zero-order valence-corrected chi connectivity index (χ0v) is 14.1. The summed E-state index contributed by atoms with van der Waals surface area (Å²) in [5, 5.41) is 10.8. The molecule has 1 aliphatic rings. The molecule has 0 N–H and O–H groups in total. The summed E-state index contributed by atoms with van der Waals surface area (Å²) >= 11 is 3.00. The number of aromatic nitrogens is 5. The van der Waals surface area contributed by atoms with Crippen molar-refractivity contribution >= 4 is 39.8 Å². The first kappa shape index (κ1) is 13.4. The number of para-hydroxylation sites is 1. The van der Waals surface area contributed by atoms with E-state index in [1.54, 1.807) is 11.8 Å². The molecular weight excluding hydrogens is 326 g/mol. The van der Waals surface area contributed by atoms with Crippen molar-refractivity contribution in [1.29, 1.82) is 0 Å². The molecule has 0 unspecified atom stereocenters. The zero-order valence-electron chi connectivity index (χ0n) is 12.4. The van der Waals surface area contributed by atoms with E-state index in [0.29, 0.717) is 5.92 Å². The molecule has 23 heavy (non-hydrogen) atoms. The van der Waals surface area contributed by atoms with Crippen LogP contribution in [0, 0.1) is 6.92 Å². The lowest BCUT2D eigenvalue weighted by Gasteiger charge is -2.06. The van der Waals surface area contributed by atoms with Gasteiger partial charge in [-0.3, -0.25) is 4.40 Å². The molecule has 5 nitrogen and oxygen atoms in total. The topological polar surface area (TPSA) is 56.0 Å². The van der Waals surface area contributed by atoms with Gasteiger partial charge >= 0.3 is 0 Å². The molecule has 1 saturated carbocycles. The quantitative estimate of drug-likeness (QED) is 0.563. The Morgan fingerprint density at radius 2 is 2.09 bits per heavy atom. The van der Waals surface area contributed by atoms with E-state index >= 15 is 0 Å². The molecule has 1 fully saturated rings. The number of hydrogen-bond acceptors (Lipinski definition) is 6. The van der Waals surface area contributed by atoms with Crippen molar-refractivity contribution in [1.82, 2.24) is 24.0 Å². The largest absolute Gasteiger partial charge is 0.270 e. The van der Waals surface area contributed by atoms with Crippen LogP contribution in [0.1, 0.15) is 30.1 Å². The summed E-state index contributed by atoms with van der Waals surface area (Å²) in [6.45, 7) is 2.11. The molecule has 0 radical (unpaired) electrons.